The maximum Gasteiger partial charge on any atom is 0.322 e. The third-order valence-electron chi connectivity index (χ3n) is 11.8. The number of carboxylic acid groups (broad SMARTS) is 3. The number of rotatable bonds is 24. The van der Waals surface area contributed by atoms with Gasteiger partial charge in [-0.25, -0.2) is 4.84 Å². The van der Waals surface area contributed by atoms with Crippen LogP contribution in [0.3, 0.4) is 0 Å². The highest BCUT2D eigenvalue weighted by Gasteiger charge is 2.36. The fourth-order valence-electron chi connectivity index (χ4n) is 8.23. The Labute approximate surface area is 477 Å². The van der Waals surface area contributed by atoms with E-state index in [0.29, 0.717) is 34.7 Å². The van der Waals surface area contributed by atoms with E-state index >= 15 is 0 Å². The summed E-state index contributed by atoms with van der Waals surface area (Å²) in [5.74, 6) is -6.23. The van der Waals surface area contributed by atoms with Crippen LogP contribution in [0.2, 0.25) is 0 Å². The second-order valence-electron chi connectivity index (χ2n) is 17.9. The van der Waals surface area contributed by atoms with Gasteiger partial charge in [0.1, 0.15) is 29.7 Å². The van der Waals surface area contributed by atoms with Crippen LogP contribution in [-0.4, -0.2) is 134 Å². The Kier molecular flexibility index (Phi) is 24.0. The van der Waals surface area contributed by atoms with Crippen LogP contribution in [0.25, 0.3) is 32.6 Å². The molecule has 1 aliphatic rings. The summed E-state index contributed by atoms with van der Waals surface area (Å²) in [5.41, 5.74) is 22.0. The number of phenols is 1. The molecular weight excluding hydrogens is 1110 g/mol. The highest BCUT2D eigenvalue weighted by Crippen LogP contribution is 2.44. The van der Waals surface area contributed by atoms with Crippen molar-refractivity contribution in [2.45, 2.75) is 64.1 Å². The smallest absolute Gasteiger partial charge is 0.322 e. The summed E-state index contributed by atoms with van der Waals surface area (Å²) in [6, 6.07) is 21.0. The number of aliphatic imine (C=N–C) groups is 1. The molecule has 25 nitrogen and oxygen atoms in total. The van der Waals surface area contributed by atoms with Crippen molar-refractivity contribution < 1.29 is 58.8 Å². The van der Waals surface area contributed by atoms with Gasteiger partial charge in [-0.15, -0.1) is 0 Å². The van der Waals surface area contributed by atoms with Crippen molar-refractivity contribution in [1.29, 1.82) is 0 Å². The van der Waals surface area contributed by atoms with Crippen LogP contribution < -0.4 is 53.5 Å². The third-order valence-corrected chi connectivity index (χ3v) is 13.9. The summed E-state index contributed by atoms with van der Waals surface area (Å²) in [6.07, 6.45) is 5.74. The molecule has 3 atom stereocenters. The molecule has 0 fully saturated rings. The van der Waals surface area contributed by atoms with Crippen molar-refractivity contribution in [1.82, 2.24) is 30.8 Å². The number of hydrogen-bond acceptors (Lipinski definition) is 15. The summed E-state index contributed by atoms with van der Waals surface area (Å²) < 4.78 is 0. The zero-order chi connectivity index (χ0) is 59.3. The Hall–Kier alpha value is -8.50. The molecule has 0 aliphatic carbocycles. The van der Waals surface area contributed by atoms with E-state index in [1.54, 1.807) is 33.9 Å². The van der Waals surface area contributed by atoms with E-state index in [1.807, 2.05) is 94.3 Å². The molecule has 1 aliphatic heterocycles. The molecule has 432 valence electrons. The van der Waals surface area contributed by atoms with Crippen molar-refractivity contribution in [3.63, 3.8) is 0 Å². The number of nitrogens with two attached hydrogens (primary N) is 3. The molecular formula is C53H64ClN13O12S2. The van der Waals surface area contributed by atoms with Crippen LogP contribution >= 0.6 is 33.4 Å². The number of H-pyrrole nitrogens is 2. The number of anilines is 3. The summed E-state index contributed by atoms with van der Waals surface area (Å²) in [7, 11) is 3.62. The summed E-state index contributed by atoms with van der Waals surface area (Å²) in [4.78, 5) is 108. The van der Waals surface area contributed by atoms with Gasteiger partial charge in [-0.1, -0.05) is 65.8 Å². The van der Waals surface area contributed by atoms with Gasteiger partial charge in [0.15, 0.2) is 5.96 Å². The SMILES string of the molecule is CC/C=C(/CCSSC)Nc1ccc2[nH]c(C(=O)Nc3ccc4[nH]c(C(=O)N5CC(NCl)c6c5cc(O)c5ccccc65)cc4c3)cc2c1.CCCN=C(N)N.NC(CC(=O)O)C(=O)NCC(=O)NC(CC(=O)O)C(=O)NCC(=O)O. The molecule has 0 spiro atoms. The predicted octanol–water partition coefficient (Wildman–Crippen LogP) is 5.05. The van der Waals surface area contributed by atoms with E-state index in [0.717, 1.165) is 70.0 Å². The lowest BCUT2D eigenvalue weighted by Gasteiger charge is -2.17. The van der Waals surface area contributed by atoms with Crippen LogP contribution in [0, 0.1) is 0 Å². The number of nitrogens with one attached hydrogen (secondary N) is 8. The number of fused-ring (bicyclic) bond motifs is 5. The molecule has 4 aromatic carbocycles. The number of aromatic amines is 2. The maximum atomic E-state index is 13.9. The van der Waals surface area contributed by atoms with Crippen LogP contribution in [0.4, 0.5) is 17.1 Å². The number of guanidine groups is 1. The summed E-state index contributed by atoms with van der Waals surface area (Å²) in [5, 5.41) is 52.1. The molecule has 5 amide bonds. The number of carbonyl (C=O) groups excluding carboxylic acids is 5. The molecule has 0 saturated carbocycles. The van der Waals surface area contributed by atoms with Gasteiger partial charge in [0, 0.05) is 74.7 Å². The first-order valence-corrected chi connectivity index (χ1v) is 28.2. The van der Waals surface area contributed by atoms with E-state index < -0.39 is 73.6 Å². The minimum atomic E-state index is -1.56. The van der Waals surface area contributed by atoms with Gasteiger partial charge in [0.25, 0.3) is 11.8 Å². The highest BCUT2D eigenvalue weighted by atomic mass is 35.5. The Balaban J connectivity index is 0.000000316. The second kappa shape index (κ2) is 30.8. The fraction of sp³-hybridized carbons (Fsp3) is 0.302. The molecule has 0 radical (unpaired) electrons. The first-order valence-electron chi connectivity index (χ1n) is 25.1. The minimum absolute atomic E-state index is 0.0983. The largest absolute Gasteiger partial charge is 0.507 e. The van der Waals surface area contributed by atoms with Crippen molar-refractivity contribution in [3.8, 4) is 5.75 Å². The lowest BCUT2D eigenvalue weighted by molar-refractivity contribution is -0.141. The highest BCUT2D eigenvalue weighted by molar-refractivity contribution is 8.76. The monoisotopic (exact) mass is 1170 g/mol. The standard InChI is InChI=1S/C37H35ClN6O3S2.C12H18N4O9.C4H11N3/c1-3-6-23(13-14-49-48-2)39-24-9-11-28-21(15-24)17-30(41-28)36(46)40-25-10-12-29-22(16-25)18-31(42-29)37(47)44-20-32(43-38)35-27-8-5-4-7-26(27)34(45)19-33(35)44;13-5(1-8(18)19)11(24)14-3-7(17)16-6(2-9(20)21)12(25)15-4-10(22)23;1-2-3-7-4(5)6/h4-12,15-19,32,39,41-43,45H,3,13-14,20H2,1-2H3,(H,40,46);5-6H,1-4,13H2,(H,14,24)(H,15,25)(H,16,17)(H,18,19)(H,20,21)(H,22,23);2-3H2,1H3,(H4,5,6,7)/b23-6-;;. The van der Waals surface area contributed by atoms with Gasteiger partial charge in [-0.3, -0.25) is 43.3 Å². The number of aromatic nitrogens is 2. The number of aromatic hydroxyl groups is 1. The van der Waals surface area contributed by atoms with E-state index in [9.17, 15) is 43.5 Å². The number of halogens is 1. The van der Waals surface area contributed by atoms with Crippen molar-refractivity contribution >= 4 is 136 Å². The number of aliphatic carboxylic acids is 3. The Morgan fingerprint density at radius 1 is 0.802 bits per heavy atom. The number of benzene rings is 4. The lowest BCUT2D eigenvalue weighted by Crippen LogP contribution is -2.52. The normalized spacial score (nSPS) is 13.3. The third kappa shape index (κ3) is 18.5. The average molecular weight is 1170 g/mol. The fourth-order valence-corrected chi connectivity index (χ4v) is 9.63. The van der Waals surface area contributed by atoms with E-state index in [-0.39, 0.29) is 29.6 Å². The molecule has 6 aromatic rings. The van der Waals surface area contributed by atoms with Gasteiger partial charge < -0.3 is 79.1 Å². The van der Waals surface area contributed by atoms with Crippen LogP contribution in [0.1, 0.15) is 78.5 Å². The van der Waals surface area contributed by atoms with Crippen molar-refractivity contribution in [2.24, 2.45) is 22.2 Å². The molecule has 2 aromatic heterocycles. The quantitative estimate of drug-likeness (QED) is 0.0124. The molecule has 18 N–H and O–H groups in total. The Morgan fingerprint density at radius 3 is 2.00 bits per heavy atom. The molecule has 0 saturated heterocycles. The van der Waals surface area contributed by atoms with Gasteiger partial charge in [0.2, 0.25) is 17.7 Å². The van der Waals surface area contributed by atoms with Gasteiger partial charge in [0.05, 0.1) is 37.2 Å². The van der Waals surface area contributed by atoms with Crippen molar-refractivity contribution in [3.05, 3.63) is 108 Å². The average Bonchev–Trinajstić information content (AvgIpc) is 4.35. The summed E-state index contributed by atoms with van der Waals surface area (Å²) >= 11 is 6.14. The minimum Gasteiger partial charge on any atom is -0.507 e. The summed E-state index contributed by atoms with van der Waals surface area (Å²) in [6.45, 7) is 3.74. The molecule has 3 heterocycles. The molecule has 0 bridgehead atoms. The lowest BCUT2D eigenvalue weighted by atomic mass is 9.99. The maximum absolute atomic E-state index is 13.9. The van der Waals surface area contributed by atoms with E-state index in [1.165, 1.54) is 5.70 Å². The zero-order valence-electron chi connectivity index (χ0n) is 44.3. The van der Waals surface area contributed by atoms with Gasteiger partial charge >= 0.3 is 17.9 Å². The second-order valence-corrected chi connectivity index (χ2v) is 20.8. The van der Waals surface area contributed by atoms with Crippen LogP contribution in [-0.2, 0) is 28.8 Å². The predicted molar refractivity (Wildman–Crippen MR) is 315 cm³/mol. The number of amides is 5. The Bertz CT molecular complexity index is 3330. The first kappa shape index (κ1) is 63.3. The number of carboxylic acids is 3. The van der Waals surface area contributed by atoms with Crippen LogP contribution in [0.15, 0.2) is 95.6 Å². The number of hydrogen-bond donors (Lipinski definition) is 15. The number of allylic oxidation sites excluding steroid dienone is 2. The molecule has 81 heavy (non-hydrogen) atoms. The van der Waals surface area contributed by atoms with Gasteiger partial charge in [-0.05, 0) is 91.2 Å². The van der Waals surface area contributed by atoms with E-state index in [2.05, 4.69) is 49.7 Å². The van der Waals surface area contributed by atoms with Crippen molar-refractivity contribution in [2.75, 3.05) is 53.7 Å². The zero-order valence-corrected chi connectivity index (χ0v) is 46.7. The van der Waals surface area contributed by atoms with Gasteiger partial charge in [-0.2, -0.15) is 0 Å². The van der Waals surface area contributed by atoms with E-state index in [4.69, 9.17) is 44.3 Å². The molecule has 7 rings (SSSR count). The number of nitrogens with zero attached hydrogens (tertiary/aromatic N) is 2. The molecule has 28 heteroatoms. The van der Waals surface area contributed by atoms with Crippen LogP contribution in [0.5, 0.6) is 5.75 Å². The number of carbonyl (C=O) groups is 8. The number of phenolic OH excluding ortho intramolecular Hbond substituents is 1. The Morgan fingerprint density at radius 2 is 1.42 bits per heavy atom. The topological polar surface area (TPSA) is 415 Å². The molecule has 3 unspecified atom stereocenters. The first-order chi connectivity index (χ1) is 38.7.